The molecule has 0 radical (unpaired) electrons. The Balaban J connectivity index is 1.79. The van der Waals surface area contributed by atoms with Gasteiger partial charge in [-0.1, -0.05) is 41.9 Å². The molecule has 1 N–H and O–H groups in total. The number of hydrogen-bond acceptors (Lipinski definition) is 3. The van der Waals surface area contributed by atoms with Gasteiger partial charge in [0, 0.05) is 37.1 Å². The second kappa shape index (κ2) is 9.40. The van der Waals surface area contributed by atoms with E-state index in [2.05, 4.69) is 52.1 Å². The Kier molecular flexibility index (Phi) is 7.53. The van der Waals surface area contributed by atoms with Crippen LogP contribution in [0.15, 0.2) is 28.7 Å². The van der Waals surface area contributed by atoms with Crippen molar-refractivity contribution in [1.82, 2.24) is 10.2 Å². The van der Waals surface area contributed by atoms with E-state index in [-0.39, 0.29) is 11.8 Å². The van der Waals surface area contributed by atoms with E-state index in [9.17, 15) is 4.79 Å². The molecule has 4 nitrogen and oxygen atoms in total. The second-order valence-corrected chi connectivity index (χ2v) is 7.33. The minimum absolute atomic E-state index is 0.139. The van der Waals surface area contributed by atoms with Crippen molar-refractivity contribution in [3.05, 3.63) is 34.3 Å². The summed E-state index contributed by atoms with van der Waals surface area (Å²) in [5, 5.41) is 3.07. The second-order valence-electron chi connectivity index (χ2n) is 6.41. The summed E-state index contributed by atoms with van der Waals surface area (Å²) >= 11 is 3.46. The average Bonchev–Trinajstić information content (AvgIpc) is 2.54. The number of hydrogen-bond donors (Lipinski definition) is 1. The van der Waals surface area contributed by atoms with Crippen LogP contribution < -0.4 is 5.32 Å². The van der Waals surface area contributed by atoms with Gasteiger partial charge in [0.05, 0.1) is 13.2 Å². The van der Waals surface area contributed by atoms with Gasteiger partial charge < -0.3 is 10.1 Å². The van der Waals surface area contributed by atoms with Crippen molar-refractivity contribution in [2.45, 2.75) is 26.2 Å². The lowest BCUT2D eigenvalue weighted by Crippen LogP contribution is -2.41. The summed E-state index contributed by atoms with van der Waals surface area (Å²) in [6.45, 7) is 9.48. The number of carbonyl (C=O) groups is 1. The van der Waals surface area contributed by atoms with Gasteiger partial charge in [0.15, 0.2) is 0 Å². The molecule has 1 fully saturated rings. The molecule has 1 amide bonds. The van der Waals surface area contributed by atoms with E-state index in [1.54, 1.807) is 0 Å². The van der Waals surface area contributed by atoms with Crippen LogP contribution in [-0.2, 0) is 9.53 Å². The molecule has 1 unspecified atom stereocenters. The van der Waals surface area contributed by atoms with Crippen molar-refractivity contribution < 1.29 is 9.53 Å². The van der Waals surface area contributed by atoms with Crippen molar-refractivity contribution in [2.24, 2.45) is 5.92 Å². The van der Waals surface area contributed by atoms with Crippen LogP contribution in [0.1, 0.15) is 31.7 Å². The minimum Gasteiger partial charge on any atom is -0.379 e. The first-order valence-corrected chi connectivity index (χ1v) is 9.18. The predicted molar refractivity (Wildman–Crippen MR) is 96.6 cm³/mol. The number of amides is 1. The van der Waals surface area contributed by atoms with E-state index in [0.717, 1.165) is 37.3 Å². The van der Waals surface area contributed by atoms with Gasteiger partial charge in [-0.2, -0.15) is 0 Å². The Labute approximate surface area is 147 Å². The Morgan fingerprint density at radius 1 is 1.26 bits per heavy atom. The third kappa shape index (κ3) is 6.24. The van der Waals surface area contributed by atoms with Crippen molar-refractivity contribution >= 4 is 21.8 Å². The summed E-state index contributed by atoms with van der Waals surface area (Å²) in [5.41, 5.74) is 1.23. The zero-order valence-electron chi connectivity index (χ0n) is 14.1. The molecule has 128 valence electrons. The molecule has 1 atom stereocenters. The highest BCUT2D eigenvalue weighted by Gasteiger charge is 2.19. The van der Waals surface area contributed by atoms with Crippen molar-refractivity contribution in [1.29, 1.82) is 0 Å². The molecule has 5 heteroatoms. The summed E-state index contributed by atoms with van der Waals surface area (Å²) < 4.78 is 6.40. The van der Waals surface area contributed by atoms with Crippen molar-refractivity contribution in [3.63, 3.8) is 0 Å². The zero-order chi connectivity index (χ0) is 16.7. The molecule has 1 heterocycles. The third-order valence-electron chi connectivity index (χ3n) is 4.36. The maximum Gasteiger partial charge on any atom is 0.220 e. The highest BCUT2D eigenvalue weighted by atomic mass is 79.9. The number of morpholine rings is 1. The van der Waals surface area contributed by atoms with Crippen LogP contribution in [0, 0.1) is 5.92 Å². The number of nitrogens with zero attached hydrogens (tertiary/aromatic N) is 1. The minimum atomic E-state index is 0.139. The van der Waals surface area contributed by atoms with Gasteiger partial charge in [-0.25, -0.2) is 0 Å². The molecule has 1 aliphatic heterocycles. The first-order chi connectivity index (χ1) is 11.1. The quantitative estimate of drug-likeness (QED) is 0.787. The van der Waals surface area contributed by atoms with E-state index in [1.807, 2.05) is 12.1 Å². The van der Waals surface area contributed by atoms with E-state index in [4.69, 9.17) is 4.74 Å². The molecule has 2 rings (SSSR count). The smallest absolute Gasteiger partial charge is 0.220 e. The van der Waals surface area contributed by atoms with Gasteiger partial charge in [-0.05, 0) is 29.5 Å². The Morgan fingerprint density at radius 2 is 1.91 bits per heavy atom. The molecule has 0 spiro atoms. The highest BCUT2D eigenvalue weighted by molar-refractivity contribution is 9.10. The van der Waals surface area contributed by atoms with E-state index in [0.29, 0.717) is 18.9 Å². The van der Waals surface area contributed by atoms with Crippen LogP contribution in [0.5, 0.6) is 0 Å². The van der Waals surface area contributed by atoms with Crippen LogP contribution in [0.25, 0.3) is 0 Å². The Hall–Kier alpha value is -0.910. The van der Waals surface area contributed by atoms with E-state index < -0.39 is 0 Å². The van der Waals surface area contributed by atoms with Crippen LogP contribution in [0.3, 0.4) is 0 Å². The normalized spacial score (nSPS) is 17.2. The molecule has 1 saturated heterocycles. The summed E-state index contributed by atoms with van der Waals surface area (Å²) in [5.74, 6) is 0.826. The highest BCUT2D eigenvalue weighted by Crippen LogP contribution is 2.28. The molecule has 0 bridgehead atoms. The van der Waals surface area contributed by atoms with Crippen LogP contribution in [0.2, 0.25) is 0 Å². The van der Waals surface area contributed by atoms with Gasteiger partial charge >= 0.3 is 0 Å². The summed E-state index contributed by atoms with van der Waals surface area (Å²) in [7, 11) is 0. The van der Waals surface area contributed by atoms with Gasteiger partial charge in [0.2, 0.25) is 5.91 Å². The third-order valence-corrected chi connectivity index (χ3v) is 4.89. The van der Waals surface area contributed by atoms with Gasteiger partial charge in [-0.3, -0.25) is 9.69 Å². The first kappa shape index (κ1) is 18.4. The lowest BCUT2D eigenvalue weighted by Gasteiger charge is -2.26. The fourth-order valence-corrected chi connectivity index (χ4v) is 3.16. The van der Waals surface area contributed by atoms with Crippen LogP contribution in [-0.4, -0.2) is 50.2 Å². The monoisotopic (exact) mass is 382 g/mol. The summed E-state index contributed by atoms with van der Waals surface area (Å²) in [6.07, 6.45) is 0.544. The largest absolute Gasteiger partial charge is 0.379 e. The number of nitrogens with one attached hydrogen (secondary N) is 1. The fourth-order valence-electron chi connectivity index (χ4n) is 2.90. The molecular weight excluding hydrogens is 356 g/mol. The maximum atomic E-state index is 12.3. The molecule has 1 aromatic carbocycles. The molecule has 1 aliphatic rings. The number of ether oxygens (including phenoxy) is 1. The number of benzene rings is 1. The van der Waals surface area contributed by atoms with E-state index >= 15 is 0 Å². The Morgan fingerprint density at radius 3 is 2.52 bits per heavy atom. The molecule has 0 aromatic heterocycles. The molecule has 0 aliphatic carbocycles. The van der Waals surface area contributed by atoms with Gasteiger partial charge in [0.25, 0.3) is 0 Å². The molecule has 1 aromatic rings. The van der Waals surface area contributed by atoms with Crippen molar-refractivity contribution in [2.75, 3.05) is 39.4 Å². The van der Waals surface area contributed by atoms with Crippen LogP contribution >= 0.6 is 15.9 Å². The van der Waals surface area contributed by atoms with E-state index in [1.165, 1.54) is 5.56 Å². The average molecular weight is 383 g/mol. The SMILES string of the molecule is CC(C)C(CC(=O)NCCN1CCOCC1)c1ccc(Br)cc1. The van der Waals surface area contributed by atoms with Gasteiger partial charge in [-0.15, -0.1) is 0 Å². The van der Waals surface area contributed by atoms with Crippen LogP contribution in [0.4, 0.5) is 0 Å². The maximum absolute atomic E-state index is 12.3. The summed E-state index contributed by atoms with van der Waals surface area (Å²) in [6, 6.07) is 8.30. The lowest BCUT2D eigenvalue weighted by molar-refractivity contribution is -0.121. The number of halogens is 1. The topological polar surface area (TPSA) is 41.6 Å². The number of rotatable bonds is 7. The zero-order valence-corrected chi connectivity index (χ0v) is 15.6. The molecule has 23 heavy (non-hydrogen) atoms. The molecule has 0 saturated carbocycles. The first-order valence-electron chi connectivity index (χ1n) is 8.38. The lowest BCUT2D eigenvalue weighted by atomic mass is 9.85. The Bertz CT molecular complexity index is 484. The molecular formula is C18H27BrN2O2. The standard InChI is InChI=1S/C18H27BrN2O2/c1-14(2)17(15-3-5-16(19)6-4-15)13-18(22)20-7-8-21-9-11-23-12-10-21/h3-6,14,17H,7-13H2,1-2H3,(H,20,22). The predicted octanol–water partition coefficient (Wildman–Crippen LogP) is 3.03. The fraction of sp³-hybridized carbons (Fsp3) is 0.611. The van der Waals surface area contributed by atoms with Gasteiger partial charge in [0.1, 0.15) is 0 Å². The van der Waals surface area contributed by atoms with Crippen molar-refractivity contribution in [3.8, 4) is 0 Å². The summed E-state index contributed by atoms with van der Waals surface area (Å²) in [4.78, 5) is 14.6. The number of carbonyl (C=O) groups excluding carboxylic acids is 1.